The number of anilines is 1. The quantitative estimate of drug-likeness (QED) is 0.757. The number of alkyl halides is 6. The minimum absolute atomic E-state index is 0.00837. The predicted molar refractivity (Wildman–Crippen MR) is 85.3 cm³/mol. The number of carbonyl (C=O) groups excluding carboxylic acids is 1. The highest BCUT2D eigenvalue weighted by atomic mass is 19.4. The number of benzene rings is 1. The molecule has 0 spiro atoms. The number of nitrogens with one attached hydrogen (secondary N) is 2. The monoisotopic (exact) mass is 407 g/mol. The van der Waals surface area contributed by atoms with Crippen molar-refractivity contribution in [2.75, 3.05) is 5.32 Å². The highest BCUT2D eigenvalue weighted by Crippen LogP contribution is 2.37. The molecule has 2 N–H and O–H groups in total. The highest BCUT2D eigenvalue weighted by molar-refractivity contribution is 5.89. The van der Waals surface area contributed by atoms with E-state index in [2.05, 4.69) is 15.5 Å². The molecule has 0 saturated heterocycles. The Morgan fingerprint density at radius 1 is 1.00 bits per heavy atom. The van der Waals surface area contributed by atoms with Crippen molar-refractivity contribution in [3.8, 4) is 0 Å². The standard InChI is InChI=1S/C16H15F6N5O/c17-15(18,19)9-5-10(16(20,21)22)7-11(6-9)24-14(28)23-8-13-26-25-12-3-1-2-4-27(12)13/h5-7H,1-4,8H2,(H2,23,24,28). The number of hydrogen-bond donors (Lipinski definition) is 2. The van der Waals surface area contributed by atoms with Crippen LogP contribution >= 0.6 is 0 Å². The molecule has 2 aromatic rings. The molecular formula is C16H15F6N5O. The second-order valence-electron chi connectivity index (χ2n) is 6.24. The molecule has 2 heterocycles. The molecule has 0 radical (unpaired) electrons. The minimum Gasteiger partial charge on any atom is -0.331 e. The van der Waals surface area contributed by atoms with Crippen LogP contribution < -0.4 is 10.6 Å². The first-order chi connectivity index (χ1) is 13.0. The normalized spacial score (nSPS) is 14.5. The van der Waals surface area contributed by atoms with E-state index in [-0.39, 0.29) is 12.6 Å². The average molecular weight is 407 g/mol. The van der Waals surface area contributed by atoms with E-state index in [4.69, 9.17) is 0 Å². The predicted octanol–water partition coefficient (Wildman–Crippen LogP) is 3.97. The van der Waals surface area contributed by atoms with E-state index in [1.807, 2.05) is 9.88 Å². The van der Waals surface area contributed by atoms with Gasteiger partial charge in [0.15, 0.2) is 5.82 Å². The van der Waals surface area contributed by atoms with Gasteiger partial charge in [-0.1, -0.05) is 0 Å². The fraction of sp³-hybridized carbons (Fsp3) is 0.438. The number of aromatic nitrogens is 3. The Balaban J connectivity index is 1.72. The molecule has 0 atom stereocenters. The van der Waals surface area contributed by atoms with Gasteiger partial charge in [-0.05, 0) is 31.0 Å². The van der Waals surface area contributed by atoms with Crippen molar-refractivity contribution in [1.29, 1.82) is 0 Å². The van der Waals surface area contributed by atoms with Crippen molar-refractivity contribution in [3.05, 3.63) is 41.0 Å². The smallest absolute Gasteiger partial charge is 0.331 e. The lowest BCUT2D eigenvalue weighted by Crippen LogP contribution is -2.30. The van der Waals surface area contributed by atoms with E-state index in [1.54, 1.807) is 0 Å². The molecular weight excluding hydrogens is 392 g/mol. The molecule has 152 valence electrons. The first-order valence-electron chi connectivity index (χ1n) is 8.29. The average Bonchev–Trinajstić information content (AvgIpc) is 3.01. The number of amides is 2. The van der Waals surface area contributed by atoms with Gasteiger partial charge in [-0.25, -0.2) is 4.79 Å². The molecule has 3 rings (SSSR count). The molecule has 6 nitrogen and oxygen atoms in total. The number of fused-ring (bicyclic) bond motifs is 1. The molecule has 2 amide bonds. The lowest BCUT2D eigenvalue weighted by Gasteiger charge is -2.16. The van der Waals surface area contributed by atoms with Crippen molar-refractivity contribution in [3.63, 3.8) is 0 Å². The summed E-state index contributed by atoms with van der Waals surface area (Å²) in [5.41, 5.74) is -3.64. The fourth-order valence-electron chi connectivity index (χ4n) is 2.86. The van der Waals surface area contributed by atoms with Crippen LogP contribution in [0.1, 0.15) is 35.6 Å². The summed E-state index contributed by atoms with van der Waals surface area (Å²) in [7, 11) is 0. The van der Waals surface area contributed by atoms with E-state index in [0.29, 0.717) is 24.5 Å². The summed E-state index contributed by atoms with van der Waals surface area (Å²) < 4.78 is 79.0. The number of aryl methyl sites for hydroxylation is 1. The van der Waals surface area contributed by atoms with Crippen LogP contribution in [-0.2, 0) is 31.9 Å². The SMILES string of the molecule is O=C(NCc1nnc2n1CCCC2)Nc1cc(C(F)(F)F)cc(C(F)(F)F)c1. The molecule has 1 aliphatic heterocycles. The molecule has 0 bridgehead atoms. The molecule has 0 saturated carbocycles. The van der Waals surface area contributed by atoms with E-state index < -0.39 is 35.2 Å². The van der Waals surface area contributed by atoms with Crippen LogP contribution in [0, 0.1) is 0 Å². The first kappa shape index (κ1) is 20.0. The number of hydrogen-bond acceptors (Lipinski definition) is 3. The van der Waals surface area contributed by atoms with Crippen molar-refractivity contribution in [2.45, 2.75) is 44.7 Å². The van der Waals surface area contributed by atoms with Crippen molar-refractivity contribution < 1.29 is 31.1 Å². The van der Waals surface area contributed by atoms with Crippen molar-refractivity contribution in [2.24, 2.45) is 0 Å². The van der Waals surface area contributed by atoms with Crippen LogP contribution in [-0.4, -0.2) is 20.8 Å². The molecule has 0 unspecified atom stereocenters. The molecule has 0 aliphatic carbocycles. The van der Waals surface area contributed by atoms with Crippen molar-refractivity contribution in [1.82, 2.24) is 20.1 Å². The molecule has 1 aromatic carbocycles. The zero-order chi connectivity index (χ0) is 20.5. The maximum Gasteiger partial charge on any atom is 0.416 e. The Labute approximate surface area is 154 Å². The summed E-state index contributed by atoms with van der Waals surface area (Å²) in [4.78, 5) is 12.0. The van der Waals surface area contributed by atoms with Crippen LogP contribution in [0.5, 0.6) is 0 Å². The number of nitrogens with zero attached hydrogens (tertiary/aromatic N) is 3. The molecule has 12 heteroatoms. The number of urea groups is 1. The summed E-state index contributed by atoms with van der Waals surface area (Å²) in [6.07, 6.45) is -7.33. The lowest BCUT2D eigenvalue weighted by atomic mass is 10.1. The molecule has 28 heavy (non-hydrogen) atoms. The Bertz CT molecular complexity index is 841. The van der Waals surface area contributed by atoms with Gasteiger partial charge in [0.25, 0.3) is 0 Å². The second-order valence-corrected chi connectivity index (χ2v) is 6.24. The third-order valence-electron chi connectivity index (χ3n) is 4.19. The largest absolute Gasteiger partial charge is 0.416 e. The lowest BCUT2D eigenvalue weighted by molar-refractivity contribution is -0.143. The van der Waals surface area contributed by atoms with E-state index in [0.717, 1.165) is 25.1 Å². The van der Waals surface area contributed by atoms with Gasteiger partial charge in [-0.2, -0.15) is 26.3 Å². The minimum atomic E-state index is -4.99. The van der Waals surface area contributed by atoms with Gasteiger partial charge in [0.2, 0.25) is 0 Å². The van der Waals surface area contributed by atoms with Crippen LogP contribution in [0.25, 0.3) is 0 Å². The summed E-state index contributed by atoms with van der Waals surface area (Å²) in [5, 5.41) is 12.3. The van der Waals surface area contributed by atoms with Gasteiger partial charge >= 0.3 is 18.4 Å². The molecule has 1 aromatic heterocycles. The van der Waals surface area contributed by atoms with Gasteiger partial charge in [-0.15, -0.1) is 10.2 Å². The number of carbonyl (C=O) groups is 1. The Kier molecular flexibility index (Phi) is 5.22. The van der Waals surface area contributed by atoms with Gasteiger partial charge < -0.3 is 15.2 Å². The van der Waals surface area contributed by atoms with Crippen molar-refractivity contribution >= 4 is 11.7 Å². The van der Waals surface area contributed by atoms with E-state index in [9.17, 15) is 31.1 Å². The zero-order valence-electron chi connectivity index (χ0n) is 14.3. The Hall–Kier alpha value is -2.79. The van der Waals surface area contributed by atoms with Gasteiger partial charge in [0, 0.05) is 18.7 Å². The van der Waals surface area contributed by atoms with Crippen LogP contribution in [0.4, 0.5) is 36.8 Å². The summed E-state index contributed by atoms with van der Waals surface area (Å²) in [5.74, 6) is 1.24. The van der Waals surface area contributed by atoms with E-state index >= 15 is 0 Å². The summed E-state index contributed by atoms with van der Waals surface area (Å²) in [6.45, 7) is 0.619. The first-order valence-corrected chi connectivity index (χ1v) is 8.29. The van der Waals surface area contributed by atoms with Gasteiger partial charge in [-0.3, -0.25) is 0 Å². The topological polar surface area (TPSA) is 71.8 Å². The van der Waals surface area contributed by atoms with Gasteiger partial charge in [0.05, 0.1) is 17.7 Å². The second kappa shape index (κ2) is 7.32. The molecule has 1 aliphatic rings. The maximum absolute atomic E-state index is 12.9. The third-order valence-corrected chi connectivity index (χ3v) is 4.19. The fourth-order valence-corrected chi connectivity index (χ4v) is 2.86. The zero-order valence-corrected chi connectivity index (χ0v) is 14.3. The third kappa shape index (κ3) is 4.54. The Morgan fingerprint density at radius 2 is 1.64 bits per heavy atom. The van der Waals surface area contributed by atoms with Crippen LogP contribution in [0.2, 0.25) is 0 Å². The van der Waals surface area contributed by atoms with Crippen LogP contribution in [0.15, 0.2) is 18.2 Å². The van der Waals surface area contributed by atoms with Gasteiger partial charge in [0.1, 0.15) is 5.82 Å². The maximum atomic E-state index is 12.9. The molecule has 0 fully saturated rings. The highest BCUT2D eigenvalue weighted by Gasteiger charge is 2.37. The van der Waals surface area contributed by atoms with Crippen LogP contribution in [0.3, 0.4) is 0 Å². The Morgan fingerprint density at radius 3 is 2.25 bits per heavy atom. The number of halogens is 6. The summed E-state index contributed by atoms with van der Waals surface area (Å²) >= 11 is 0. The summed E-state index contributed by atoms with van der Waals surface area (Å²) in [6, 6.07) is -0.0896. The van der Waals surface area contributed by atoms with E-state index in [1.165, 1.54) is 0 Å². The number of rotatable bonds is 3.